The largest absolute Gasteiger partial charge is 0.384 e. The third kappa shape index (κ3) is 1.46. The SMILES string of the molecule is Cc1cc(C)n(-c2ccnc(N)c2)n1. The molecule has 2 aromatic rings. The van der Waals surface area contributed by atoms with E-state index in [0.29, 0.717) is 5.82 Å². The Morgan fingerprint density at radius 1 is 1.29 bits per heavy atom. The molecule has 14 heavy (non-hydrogen) atoms. The molecule has 2 N–H and O–H groups in total. The highest BCUT2D eigenvalue weighted by molar-refractivity contribution is 5.41. The first-order chi connectivity index (χ1) is 6.66. The molecule has 0 bridgehead atoms. The van der Waals surface area contributed by atoms with E-state index >= 15 is 0 Å². The third-order valence-corrected chi connectivity index (χ3v) is 2.02. The highest BCUT2D eigenvalue weighted by atomic mass is 15.3. The number of hydrogen-bond donors (Lipinski definition) is 1. The predicted molar refractivity (Wildman–Crippen MR) is 55.2 cm³/mol. The molecule has 0 radical (unpaired) electrons. The lowest BCUT2D eigenvalue weighted by Crippen LogP contribution is -2.00. The van der Waals surface area contributed by atoms with E-state index < -0.39 is 0 Å². The van der Waals surface area contributed by atoms with Crippen molar-refractivity contribution in [2.45, 2.75) is 13.8 Å². The van der Waals surface area contributed by atoms with Crippen LogP contribution < -0.4 is 5.73 Å². The summed E-state index contributed by atoms with van der Waals surface area (Å²) in [5.41, 5.74) is 8.64. The van der Waals surface area contributed by atoms with Crippen LogP contribution in [0.5, 0.6) is 0 Å². The molecule has 2 heterocycles. The van der Waals surface area contributed by atoms with Crippen LogP contribution in [-0.4, -0.2) is 14.8 Å². The van der Waals surface area contributed by atoms with Gasteiger partial charge < -0.3 is 5.73 Å². The summed E-state index contributed by atoms with van der Waals surface area (Å²) in [7, 11) is 0. The molecule has 4 nitrogen and oxygen atoms in total. The van der Waals surface area contributed by atoms with Gasteiger partial charge in [-0.3, -0.25) is 0 Å². The van der Waals surface area contributed by atoms with E-state index in [1.54, 1.807) is 12.3 Å². The zero-order chi connectivity index (χ0) is 10.1. The maximum absolute atomic E-state index is 5.60. The van der Waals surface area contributed by atoms with Gasteiger partial charge in [0.1, 0.15) is 5.82 Å². The van der Waals surface area contributed by atoms with Gasteiger partial charge >= 0.3 is 0 Å². The first-order valence-electron chi connectivity index (χ1n) is 4.42. The average Bonchev–Trinajstić information content (AvgIpc) is 2.45. The summed E-state index contributed by atoms with van der Waals surface area (Å²) >= 11 is 0. The Morgan fingerprint density at radius 3 is 2.64 bits per heavy atom. The van der Waals surface area contributed by atoms with Crippen LogP contribution in [0.4, 0.5) is 5.82 Å². The number of nitrogens with zero attached hydrogens (tertiary/aromatic N) is 3. The molecule has 72 valence electrons. The second-order valence-corrected chi connectivity index (χ2v) is 3.28. The van der Waals surface area contributed by atoms with Crippen molar-refractivity contribution in [3.8, 4) is 5.69 Å². The summed E-state index contributed by atoms with van der Waals surface area (Å²) in [4.78, 5) is 3.94. The van der Waals surface area contributed by atoms with Crippen LogP contribution in [-0.2, 0) is 0 Å². The molecule has 0 aliphatic rings. The molecule has 0 saturated heterocycles. The minimum absolute atomic E-state index is 0.509. The maximum Gasteiger partial charge on any atom is 0.125 e. The maximum atomic E-state index is 5.60. The molecule has 2 aromatic heterocycles. The lowest BCUT2D eigenvalue weighted by atomic mass is 10.3. The predicted octanol–water partition coefficient (Wildman–Crippen LogP) is 1.47. The van der Waals surface area contributed by atoms with Crippen molar-refractivity contribution < 1.29 is 0 Å². The van der Waals surface area contributed by atoms with Crippen molar-refractivity contribution in [3.05, 3.63) is 35.8 Å². The van der Waals surface area contributed by atoms with Crippen LogP contribution in [0.15, 0.2) is 24.4 Å². The summed E-state index contributed by atoms with van der Waals surface area (Å²) in [6.07, 6.45) is 1.68. The number of nitrogen functional groups attached to an aromatic ring is 1. The van der Waals surface area contributed by atoms with E-state index in [-0.39, 0.29) is 0 Å². The van der Waals surface area contributed by atoms with Gasteiger partial charge in [-0.1, -0.05) is 0 Å². The number of hydrogen-bond acceptors (Lipinski definition) is 3. The minimum atomic E-state index is 0.509. The van der Waals surface area contributed by atoms with Crippen LogP contribution in [0.2, 0.25) is 0 Å². The summed E-state index contributed by atoms with van der Waals surface area (Å²) in [6, 6.07) is 5.71. The molecule has 0 amide bonds. The Kier molecular flexibility index (Phi) is 1.96. The standard InChI is InChI=1S/C10H12N4/c1-7-5-8(2)14(13-7)9-3-4-12-10(11)6-9/h3-6H,1-2H3,(H2,11,12). The van der Waals surface area contributed by atoms with Crippen LogP contribution in [0.3, 0.4) is 0 Å². The van der Waals surface area contributed by atoms with Crippen LogP contribution in [0.25, 0.3) is 5.69 Å². The van der Waals surface area contributed by atoms with Gasteiger partial charge in [-0.2, -0.15) is 5.10 Å². The topological polar surface area (TPSA) is 56.7 Å². The second-order valence-electron chi connectivity index (χ2n) is 3.28. The fourth-order valence-corrected chi connectivity index (χ4v) is 1.46. The average molecular weight is 188 g/mol. The fraction of sp³-hybridized carbons (Fsp3) is 0.200. The summed E-state index contributed by atoms with van der Waals surface area (Å²) < 4.78 is 1.85. The van der Waals surface area contributed by atoms with Crippen molar-refractivity contribution in [1.82, 2.24) is 14.8 Å². The molecule has 4 heteroatoms. The smallest absolute Gasteiger partial charge is 0.125 e. The van der Waals surface area contributed by atoms with Gasteiger partial charge in [0.05, 0.1) is 11.4 Å². The number of rotatable bonds is 1. The fourth-order valence-electron chi connectivity index (χ4n) is 1.46. The monoisotopic (exact) mass is 188 g/mol. The van der Waals surface area contributed by atoms with Gasteiger partial charge in [-0.05, 0) is 26.0 Å². The van der Waals surface area contributed by atoms with E-state index in [4.69, 9.17) is 5.73 Å². The molecule has 0 saturated carbocycles. The van der Waals surface area contributed by atoms with E-state index in [9.17, 15) is 0 Å². The minimum Gasteiger partial charge on any atom is -0.384 e. The Morgan fingerprint density at radius 2 is 2.07 bits per heavy atom. The van der Waals surface area contributed by atoms with Crippen molar-refractivity contribution in [2.24, 2.45) is 0 Å². The lowest BCUT2D eigenvalue weighted by Gasteiger charge is -2.03. The molecule has 0 aliphatic heterocycles. The number of nitrogens with two attached hydrogens (primary N) is 1. The zero-order valence-electron chi connectivity index (χ0n) is 8.23. The molecule has 0 atom stereocenters. The molecular formula is C10H12N4. The quantitative estimate of drug-likeness (QED) is 0.737. The first kappa shape index (κ1) is 8.74. The van der Waals surface area contributed by atoms with E-state index in [0.717, 1.165) is 17.1 Å². The summed E-state index contributed by atoms with van der Waals surface area (Å²) in [5, 5.41) is 4.35. The van der Waals surface area contributed by atoms with Crippen LogP contribution >= 0.6 is 0 Å². The molecule has 0 unspecified atom stereocenters. The highest BCUT2D eigenvalue weighted by Gasteiger charge is 2.03. The molecule has 2 rings (SSSR count). The first-order valence-corrected chi connectivity index (χ1v) is 4.42. The normalized spacial score (nSPS) is 10.4. The van der Waals surface area contributed by atoms with Gasteiger partial charge in [0.25, 0.3) is 0 Å². The molecule has 0 spiro atoms. The number of anilines is 1. The van der Waals surface area contributed by atoms with E-state index in [2.05, 4.69) is 10.1 Å². The molecule has 0 aliphatic carbocycles. The van der Waals surface area contributed by atoms with E-state index in [1.807, 2.05) is 30.7 Å². The zero-order valence-corrected chi connectivity index (χ0v) is 8.23. The Bertz CT molecular complexity index is 459. The van der Waals surface area contributed by atoms with Gasteiger partial charge in [0.15, 0.2) is 0 Å². The number of pyridine rings is 1. The molecular weight excluding hydrogens is 176 g/mol. The summed E-state index contributed by atoms with van der Waals surface area (Å²) in [5.74, 6) is 0.509. The van der Waals surface area contributed by atoms with Gasteiger partial charge in [-0.25, -0.2) is 9.67 Å². The molecule has 0 aromatic carbocycles. The summed E-state index contributed by atoms with van der Waals surface area (Å²) in [6.45, 7) is 3.98. The van der Waals surface area contributed by atoms with Gasteiger partial charge in [0.2, 0.25) is 0 Å². The van der Waals surface area contributed by atoms with Crippen molar-refractivity contribution >= 4 is 5.82 Å². The van der Waals surface area contributed by atoms with Crippen molar-refractivity contribution in [3.63, 3.8) is 0 Å². The number of aryl methyl sites for hydroxylation is 2. The van der Waals surface area contributed by atoms with Crippen molar-refractivity contribution in [2.75, 3.05) is 5.73 Å². The lowest BCUT2D eigenvalue weighted by molar-refractivity contribution is 0.832. The molecule has 0 fully saturated rings. The second kappa shape index (κ2) is 3.14. The number of aromatic nitrogens is 3. The van der Waals surface area contributed by atoms with Crippen LogP contribution in [0.1, 0.15) is 11.4 Å². The Balaban J connectivity index is 2.54. The van der Waals surface area contributed by atoms with Crippen molar-refractivity contribution in [1.29, 1.82) is 0 Å². The highest BCUT2D eigenvalue weighted by Crippen LogP contribution is 2.12. The van der Waals surface area contributed by atoms with E-state index in [1.165, 1.54) is 0 Å². The van der Waals surface area contributed by atoms with Crippen LogP contribution in [0, 0.1) is 13.8 Å². The Hall–Kier alpha value is -1.84. The third-order valence-electron chi connectivity index (χ3n) is 2.02. The van der Waals surface area contributed by atoms with Gasteiger partial charge in [-0.15, -0.1) is 0 Å². The Labute approximate surface area is 82.4 Å². The van der Waals surface area contributed by atoms with Gasteiger partial charge in [0, 0.05) is 18.0 Å².